The number of benzene rings is 2. The summed E-state index contributed by atoms with van der Waals surface area (Å²) in [6.07, 6.45) is 8.69. The van der Waals surface area contributed by atoms with E-state index < -0.39 is 0 Å². The number of imidazole rings is 1. The van der Waals surface area contributed by atoms with E-state index in [4.69, 9.17) is 4.98 Å². The van der Waals surface area contributed by atoms with Gasteiger partial charge in [-0.05, 0) is 29.9 Å². The van der Waals surface area contributed by atoms with E-state index in [1.54, 1.807) is 0 Å². The van der Waals surface area contributed by atoms with Crippen molar-refractivity contribution in [2.45, 2.75) is 51.2 Å². The molecule has 2 aromatic carbocycles. The number of carbonyl (C=O) groups is 1. The molecule has 1 fully saturated rings. The highest BCUT2D eigenvalue weighted by Gasteiger charge is 2.33. The molecule has 3 aromatic rings. The summed E-state index contributed by atoms with van der Waals surface area (Å²) >= 11 is 0. The predicted molar refractivity (Wildman–Crippen MR) is 126 cm³/mol. The Morgan fingerprint density at radius 2 is 1.66 bits per heavy atom. The van der Waals surface area contributed by atoms with Crippen molar-refractivity contribution in [3.63, 3.8) is 0 Å². The van der Waals surface area contributed by atoms with Gasteiger partial charge in [-0.3, -0.25) is 9.69 Å². The Balaban J connectivity index is 1.37. The van der Waals surface area contributed by atoms with Crippen LogP contribution in [0.15, 0.2) is 66.9 Å². The van der Waals surface area contributed by atoms with Gasteiger partial charge in [-0.15, -0.1) is 0 Å². The van der Waals surface area contributed by atoms with Gasteiger partial charge in [0.15, 0.2) is 0 Å². The average Bonchev–Trinajstić information content (AvgIpc) is 3.29. The van der Waals surface area contributed by atoms with E-state index in [2.05, 4.69) is 45.1 Å². The van der Waals surface area contributed by atoms with Crippen LogP contribution < -0.4 is 5.32 Å². The molecule has 0 bridgehead atoms. The lowest BCUT2D eigenvalue weighted by atomic mass is 9.88. The highest BCUT2D eigenvalue weighted by atomic mass is 16.1. The van der Waals surface area contributed by atoms with Gasteiger partial charge in [-0.25, -0.2) is 4.98 Å². The van der Waals surface area contributed by atoms with Crippen LogP contribution in [0.5, 0.6) is 0 Å². The first kappa shape index (κ1) is 21.0. The zero-order chi connectivity index (χ0) is 21.8. The lowest BCUT2D eigenvalue weighted by Crippen LogP contribution is -2.41. The van der Waals surface area contributed by atoms with Gasteiger partial charge in [0.2, 0.25) is 0 Å². The quantitative estimate of drug-likeness (QED) is 0.614. The van der Waals surface area contributed by atoms with Crippen LogP contribution in [0.4, 0.5) is 0 Å². The summed E-state index contributed by atoms with van der Waals surface area (Å²) in [5, 5.41) is 3.03. The number of aromatic nitrogens is 2. The lowest BCUT2D eigenvalue weighted by molar-refractivity contribution is 0.0946. The fourth-order valence-electron chi connectivity index (χ4n) is 5.23. The van der Waals surface area contributed by atoms with Crippen LogP contribution in [0.25, 0.3) is 0 Å². The first-order chi connectivity index (χ1) is 15.8. The zero-order valence-corrected chi connectivity index (χ0v) is 18.6. The van der Waals surface area contributed by atoms with E-state index in [0.29, 0.717) is 12.2 Å². The summed E-state index contributed by atoms with van der Waals surface area (Å²) in [7, 11) is 0. The largest absolute Gasteiger partial charge is 0.347 e. The van der Waals surface area contributed by atoms with Gasteiger partial charge >= 0.3 is 0 Å². The molecule has 0 saturated heterocycles. The molecule has 1 unspecified atom stereocenters. The van der Waals surface area contributed by atoms with Crippen LogP contribution in [-0.4, -0.2) is 33.4 Å². The zero-order valence-electron chi connectivity index (χ0n) is 18.6. The number of rotatable bonds is 6. The SMILES string of the molecule is O=C(NCc1ccccc1)c1cn2c(n1)C(c1ccccc1)N(CC1CCCCC1)CC2. The smallest absolute Gasteiger partial charge is 0.271 e. The molecule has 1 amide bonds. The van der Waals surface area contributed by atoms with Gasteiger partial charge in [-0.1, -0.05) is 79.9 Å². The summed E-state index contributed by atoms with van der Waals surface area (Å²) in [6.45, 7) is 3.49. The monoisotopic (exact) mass is 428 g/mol. The molecular formula is C27H32N4O. The van der Waals surface area contributed by atoms with Gasteiger partial charge in [0, 0.05) is 32.4 Å². The minimum Gasteiger partial charge on any atom is -0.347 e. The molecule has 0 radical (unpaired) electrons. The highest BCUT2D eigenvalue weighted by Crippen LogP contribution is 2.34. The molecular weight excluding hydrogens is 396 g/mol. The molecule has 166 valence electrons. The van der Waals surface area contributed by atoms with E-state index in [0.717, 1.165) is 36.9 Å². The Labute approximate surface area is 190 Å². The van der Waals surface area contributed by atoms with E-state index in [-0.39, 0.29) is 11.9 Å². The molecule has 5 nitrogen and oxygen atoms in total. The van der Waals surface area contributed by atoms with Gasteiger partial charge in [0.25, 0.3) is 5.91 Å². The van der Waals surface area contributed by atoms with Crippen LogP contribution in [0.3, 0.4) is 0 Å². The molecule has 0 spiro atoms. The minimum atomic E-state index is -0.110. The van der Waals surface area contributed by atoms with Crippen molar-refractivity contribution in [1.29, 1.82) is 0 Å². The van der Waals surface area contributed by atoms with Crippen molar-refractivity contribution in [3.8, 4) is 0 Å². The molecule has 1 aromatic heterocycles. The van der Waals surface area contributed by atoms with Gasteiger partial charge < -0.3 is 9.88 Å². The number of nitrogens with zero attached hydrogens (tertiary/aromatic N) is 3. The summed E-state index contributed by atoms with van der Waals surface area (Å²) in [5.41, 5.74) is 2.85. The number of hydrogen-bond acceptors (Lipinski definition) is 3. The van der Waals surface area contributed by atoms with Crippen LogP contribution in [0, 0.1) is 5.92 Å². The Kier molecular flexibility index (Phi) is 6.35. The third-order valence-electron chi connectivity index (χ3n) is 6.91. The Morgan fingerprint density at radius 1 is 0.938 bits per heavy atom. The lowest BCUT2D eigenvalue weighted by Gasteiger charge is -2.39. The van der Waals surface area contributed by atoms with Crippen molar-refractivity contribution in [1.82, 2.24) is 19.8 Å². The topological polar surface area (TPSA) is 50.2 Å². The Hall–Kier alpha value is -2.92. The van der Waals surface area contributed by atoms with Crippen LogP contribution in [0.2, 0.25) is 0 Å². The number of fused-ring (bicyclic) bond motifs is 1. The maximum Gasteiger partial charge on any atom is 0.271 e. The van der Waals surface area contributed by atoms with E-state index in [9.17, 15) is 4.79 Å². The molecule has 2 heterocycles. The molecule has 5 heteroatoms. The first-order valence-corrected chi connectivity index (χ1v) is 12.0. The maximum absolute atomic E-state index is 12.9. The highest BCUT2D eigenvalue weighted by molar-refractivity contribution is 5.92. The number of nitrogens with one attached hydrogen (secondary N) is 1. The van der Waals surface area contributed by atoms with E-state index in [1.165, 1.54) is 37.7 Å². The minimum absolute atomic E-state index is 0.0996. The Bertz CT molecular complexity index is 1020. The molecule has 1 saturated carbocycles. The maximum atomic E-state index is 12.9. The molecule has 1 atom stereocenters. The molecule has 32 heavy (non-hydrogen) atoms. The van der Waals surface area contributed by atoms with Crippen LogP contribution >= 0.6 is 0 Å². The second-order valence-corrected chi connectivity index (χ2v) is 9.16. The normalized spacial score (nSPS) is 19.4. The third-order valence-corrected chi connectivity index (χ3v) is 6.91. The van der Waals surface area contributed by atoms with E-state index in [1.807, 2.05) is 36.5 Å². The summed E-state index contributed by atoms with van der Waals surface area (Å²) < 4.78 is 2.19. The summed E-state index contributed by atoms with van der Waals surface area (Å²) in [4.78, 5) is 20.3. The molecule has 2 aliphatic rings. The fraction of sp³-hybridized carbons (Fsp3) is 0.407. The fourth-order valence-corrected chi connectivity index (χ4v) is 5.23. The number of hydrogen-bond donors (Lipinski definition) is 1. The van der Waals surface area contributed by atoms with Crippen molar-refractivity contribution >= 4 is 5.91 Å². The second kappa shape index (κ2) is 9.70. The standard InChI is InChI=1S/C27H32N4O/c32-27(28-18-21-10-4-1-5-11-21)24-20-31-17-16-30(19-22-12-6-2-7-13-22)25(26(31)29-24)23-14-8-3-9-15-23/h1,3-5,8-11,14-15,20,22,25H,2,6-7,12-13,16-19H2,(H,28,32). The van der Waals surface area contributed by atoms with Crippen molar-refractivity contribution < 1.29 is 4.79 Å². The summed E-state index contributed by atoms with van der Waals surface area (Å²) in [6, 6.07) is 20.8. The third kappa shape index (κ3) is 4.63. The van der Waals surface area contributed by atoms with Gasteiger partial charge in [0.05, 0.1) is 6.04 Å². The van der Waals surface area contributed by atoms with E-state index >= 15 is 0 Å². The number of carbonyl (C=O) groups excluding carboxylic acids is 1. The number of amides is 1. The van der Waals surface area contributed by atoms with Crippen molar-refractivity contribution in [2.75, 3.05) is 13.1 Å². The predicted octanol–water partition coefficient (Wildman–Crippen LogP) is 4.80. The molecule has 1 N–H and O–H groups in total. The molecule has 1 aliphatic carbocycles. The van der Waals surface area contributed by atoms with Crippen LogP contribution in [0.1, 0.15) is 65.6 Å². The average molecular weight is 429 g/mol. The summed E-state index contributed by atoms with van der Waals surface area (Å²) in [5.74, 6) is 1.65. The second-order valence-electron chi connectivity index (χ2n) is 9.16. The Morgan fingerprint density at radius 3 is 2.41 bits per heavy atom. The molecule has 5 rings (SSSR count). The van der Waals surface area contributed by atoms with Crippen molar-refractivity contribution in [2.24, 2.45) is 5.92 Å². The van der Waals surface area contributed by atoms with Crippen molar-refractivity contribution in [3.05, 3.63) is 89.5 Å². The van der Waals surface area contributed by atoms with Gasteiger partial charge in [-0.2, -0.15) is 0 Å². The molecule has 1 aliphatic heterocycles. The first-order valence-electron chi connectivity index (χ1n) is 12.0. The van der Waals surface area contributed by atoms with Crippen LogP contribution in [-0.2, 0) is 13.1 Å². The van der Waals surface area contributed by atoms with Gasteiger partial charge in [0.1, 0.15) is 11.5 Å².